The van der Waals surface area contributed by atoms with E-state index in [0.717, 1.165) is 17.9 Å². The van der Waals surface area contributed by atoms with Gasteiger partial charge in [-0.05, 0) is 42.1 Å². The van der Waals surface area contributed by atoms with E-state index in [1.54, 1.807) is 0 Å². The molecular formula is C16H15N3. The number of hydrogen-bond acceptors (Lipinski definition) is 3. The van der Waals surface area contributed by atoms with Crippen LogP contribution in [-0.2, 0) is 6.54 Å². The predicted octanol–water partition coefficient (Wildman–Crippen LogP) is 3.55. The van der Waals surface area contributed by atoms with Gasteiger partial charge in [0.05, 0.1) is 11.4 Å². The van der Waals surface area contributed by atoms with Gasteiger partial charge in [0.25, 0.3) is 0 Å². The van der Waals surface area contributed by atoms with E-state index in [-0.39, 0.29) is 0 Å². The number of aromatic nitrogens is 2. The van der Waals surface area contributed by atoms with Crippen LogP contribution < -0.4 is 5.32 Å². The Balaban J connectivity index is 1.80. The summed E-state index contributed by atoms with van der Waals surface area (Å²) < 4.78 is 0. The van der Waals surface area contributed by atoms with Crippen molar-refractivity contribution < 1.29 is 0 Å². The van der Waals surface area contributed by atoms with Crippen molar-refractivity contribution in [3.8, 4) is 0 Å². The lowest BCUT2D eigenvalue weighted by Gasteiger charge is -2.09. The number of anilines is 1. The van der Waals surface area contributed by atoms with Crippen LogP contribution >= 0.6 is 0 Å². The van der Waals surface area contributed by atoms with E-state index < -0.39 is 0 Å². The van der Waals surface area contributed by atoms with Gasteiger partial charge in [-0.25, -0.2) is 0 Å². The molecule has 0 fully saturated rings. The van der Waals surface area contributed by atoms with Gasteiger partial charge in [-0.3, -0.25) is 9.97 Å². The van der Waals surface area contributed by atoms with E-state index in [9.17, 15) is 0 Å². The van der Waals surface area contributed by atoms with Crippen LogP contribution in [0.25, 0.3) is 10.8 Å². The van der Waals surface area contributed by atoms with Gasteiger partial charge in [-0.15, -0.1) is 0 Å². The highest BCUT2D eigenvalue weighted by molar-refractivity contribution is 5.82. The third-order valence-electron chi connectivity index (χ3n) is 3.19. The average molecular weight is 249 g/mol. The molecule has 0 saturated carbocycles. The first kappa shape index (κ1) is 11.7. The Bertz CT molecular complexity index is 707. The lowest BCUT2D eigenvalue weighted by Crippen LogP contribution is -2.01. The first-order valence-electron chi connectivity index (χ1n) is 6.31. The van der Waals surface area contributed by atoms with Crippen molar-refractivity contribution in [3.63, 3.8) is 0 Å². The normalized spacial score (nSPS) is 10.6. The van der Waals surface area contributed by atoms with Crippen molar-refractivity contribution in [1.82, 2.24) is 9.97 Å². The molecule has 0 saturated heterocycles. The van der Waals surface area contributed by atoms with Crippen LogP contribution in [0.3, 0.4) is 0 Å². The van der Waals surface area contributed by atoms with Gasteiger partial charge in [-0.1, -0.05) is 12.1 Å². The number of pyridine rings is 2. The van der Waals surface area contributed by atoms with Gasteiger partial charge in [-0.2, -0.15) is 0 Å². The molecule has 0 spiro atoms. The van der Waals surface area contributed by atoms with E-state index >= 15 is 0 Å². The zero-order valence-corrected chi connectivity index (χ0v) is 10.8. The van der Waals surface area contributed by atoms with Crippen LogP contribution in [0.4, 0.5) is 5.69 Å². The molecule has 1 aromatic carbocycles. The average Bonchev–Trinajstić information content (AvgIpc) is 2.46. The minimum absolute atomic E-state index is 0.796. The Labute approximate surface area is 112 Å². The number of aryl methyl sites for hydroxylation is 1. The van der Waals surface area contributed by atoms with Gasteiger partial charge in [0.2, 0.25) is 0 Å². The summed E-state index contributed by atoms with van der Waals surface area (Å²) in [4.78, 5) is 8.39. The van der Waals surface area contributed by atoms with E-state index in [2.05, 4.69) is 33.5 Å². The molecule has 0 unspecified atom stereocenters. The lowest BCUT2D eigenvalue weighted by molar-refractivity contribution is 1.11. The Morgan fingerprint density at radius 3 is 2.89 bits per heavy atom. The number of hydrogen-bond donors (Lipinski definition) is 1. The fourth-order valence-corrected chi connectivity index (χ4v) is 2.11. The molecule has 0 aliphatic heterocycles. The molecular weight excluding hydrogens is 234 g/mol. The van der Waals surface area contributed by atoms with Crippen molar-refractivity contribution in [1.29, 1.82) is 0 Å². The number of fused-ring (bicyclic) bond motifs is 1. The van der Waals surface area contributed by atoms with E-state index in [4.69, 9.17) is 0 Å². The minimum Gasteiger partial charge on any atom is -0.380 e. The van der Waals surface area contributed by atoms with E-state index in [1.807, 2.05) is 43.7 Å². The second-order valence-corrected chi connectivity index (χ2v) is 4.55. The van der Waals surface area contributed by atoms with Crippen LogP contribution in [0.15, 0.2) is 55.0 Å². The van der Waals surface area contributed by atoms with Crippen molar-refractivity contribution in [2.45, 2.75) is 13.5 Å². The Morgan fingerprint density at radius 2 is 2.00 bits per heavy atom. The minimum atomic E-state index is 0.796. The Hall–Kier alpha value is -2.42. The summed E-state index contributed by atoms with van der Waals surface area (Å²) in [7, 11) is 0. The third-order valence-corrected chi connectivity index (χ3v) is 3.19. The Kier molecular flexibility index (Phi) is 3.11. The zero-order valence-electron chi connectivity index (χ0n) is 10.8. The summed E-state index contributed by atoms with van der Waals surface area (Å²) in [6.07, 6.45) is 5.52. The molecule has 0 amide bonds. The van der Waals surface area contributed by atoms with Crippen LogP contribution in [0.2, 0.25) is 0 Å². The maximum atomic E-state index is 4.27. The summed E-state index contributed by atoms with van der Waals surface area (Å²) >= 11 is 0. The van der Waals surface area contributed by atoms with E-state index in [0.29, 0.717) is 0 Å². The fourth-order valence-electron chi connectivity index (χ4n) is 2.11. The lowest BCUT2D eigenvalue weighted by atomic mass is 10.1. The van der Waals surface area contributed by atoms with E-state index in [1.165, 1.54) is 16.3 Å². The monoisotopic (exact) mass is 249 g/mol. The van der Waals surface area contributed by atoms with Crippen molar-refractivity contribution >= 4 is 16.5 Å². The second-order valence-electron chi connectivity index (χ2n) is 4.55. The molecule has 0 atom stereocenters. The van der Waals surface area contributed by atoms with Crippen LogP contribution in [0.5, 0.6) is 0 Å². The molecule has 1 N–H and O–H groups in total. The molecule has 0 aliphatic carbocycles. The summed E-state index contributed by atoms with van der Waals surface area (Å²) in [5, 5.41) is 5.81. The molecule has 0 bridgehead atoms. The first-order valence-corrected chi connectivity index (χ1v) is 6.31. The highest BCUT2D eigenvalue weighted by Gasteiger charge is 1.99. The Morgan fingerprint density at radius 1 is 1.05 bits per heavy atom. The number of nitrogens with one attached hydrogen (secondary N) is 1. The van der Waals surface area contributed by atoms with Crippen LogP contribution in [-0.4, -0.2) is 9.97 Å². The van der Waals surface area contributed by atoms with Crippen molar-refractivity contribution in [3.05, 3.63) is 66.2 Å². The summed E-state index contributed by atoms with van der Waals surface area (Å²) in [5.41, 5.74) is 3.35. The largest absolute Gasteiger partial charge is 0.380 e. The molecule has 0 aliphatic rings. The van der Waals surface area contributed by atoms with Crippen LogP contribution in [0.1, 0.15) is 11.3 Å². The highest BCUT2D eigenvalue weighted by Crippen LogP contribution is 2.16. The summed E-state index contributed by atoms with van der Waals surface area (Å²) in [6.45, 7) is 2.80. The predicted molar refractivity (Wildman–Crippen MR) is 78.0 cm³/mol. The smallest absolute Gasteiger partial charge is 0.0603 e. The zero-order chi connectivity index (χ0) is 13.1. The summed E-state index contributed by atoms with van der Waals surface area (Å²) in [6, 6.07) is 12.5. The number of benzene rings is 1. The van der Waals surface area contributed by atoms with Gasteiger partial charge in [0.1, 0.15) is 0 Å². The molecule has 19 heavy (non-hydrogen) atoms. The topological polar surface area (TPSA) is 37.8 Å². The van der Waals surface area contributed by atoms with Crippen molar-refractivity contribution in [2.24, 2.45) is 0 Å². The molecule has 3 rings (SSSR count). The summed E-state index contributed by atoms with van der Waals surface area (Å²) in [5.74, 6) is 0. The number of nitrogens with zero attached hydrogens (tertiary/aromatic N) is 2. The van der Waals surface area contributed by atoms with Gasteiger partial charge in [0.15, 0.2) is 0 Å². The van der Waals surface area contributed by atoms with Gasteiger partial charge < -0.3 is 5.32 Å². The quantitative estimate of drug-likeness (QED) is 0.771. The van der Waals surface area contributed by atoms with Gasteiger partial charge >= 0.3 is 0 Å². The fraction of sp³-hybridized carbons (Fsp3) is 0.125. The molecule has 2 aromatic heterocycles. The third kappa shape index (κ3) is 2.55. The molecule has 0 radical (unpaired) electrons. The van der Waals surface area contributed by atoms with Crippen molar-refractivity contribution in [2.75, 3.05) is 5.32 Å². The second kappa shape index (κ2) is 5.06. The molecule has 2 heterocycles. The molecule has 3 aromatic rings. The van der Waals surface area contributed by atoms with Gasteiger partial charge in [0, 0.05) is 30.5 Å². The maximum Gasteiger partial charge on any atom is 0.0603 e. The standard InChI is InChI=1S/C16H15N3/c1-12-16(3-2-7-18-12)19-10-13-4-5-15-11-17-8-6-14(15)9-13/h2-9,11,19H,10H2,1H3. The molecule has 94 valence electrons. The maximum absolute atomic E-state index is 4.27. The molecule has 3 heteroatoms. The molecule has 3 nitrogen and oxygen atoms in total. The highest BCUT2D eigenvalue weighted by atomic mass is 14.9. The first-order chi connectivity index (χ1) is 9.33. The SMILES string of the molecule is Cc1ncccc1NCc1ccc2cnccc2c1. The van der Waals surface area contributed by atoms with Crippen LogP contribution in [0, 0.1) is 6.92 Å². The number of rotatable bonds is 3.